The molecule has 0 bridgehead atoms. The third-order valence-electron chi connectivity index (χ3n) is 6.01. The molecule has 0 aliphatic carbocycles. The van der Waals surface area contributed by atoms with E-state index in [-0.39, 0.29) is 16.5 Å². The van der Waals surface area contributed by atoms with Crippen LogP contribution in [0.2, 0.25) is 0 Å². The molecule has 0 fully saturated rings. The summed E-state index contributed by atoms with van der Waals surface area (Å²) in [5, 5.41) is 5.55. The molecule has 0 N–H and O–H groups in total. The fourth-order valence-corrected chi connectivity index (χ4v) is 12.3. The van der Waals surface area contributed by atoms with E-state index in [1.165, 1.54) is 56.5 Å². The predicted molar refractivity (Wildman–Crippen MR) is 208 cm³/mol. The van der Waals surface area contributed by atoms with E-state index in [1.54, 1.807) is 11.8 Å². The molecule has 0 spiro atoms. The van der Waals surface area contributed by atoms with Crippen molar-refractivity contribution < 1.29 is 26.0 Å². The minimum atomic E-state index is -1.91. The minimum Gasteiger partial charge on any atom is -0.774 e. The summed E-state index contributed by atoms with van der Waals surface area (Å²) in [6.45, 7) is 0. The number of hydrogen-bond acceptors (Lipinski definition) is 10. The van der Waals surface area contributed by atoms with Crippen molar-refractivity contribution in [2.24, 2.45) is 0 Å². The topological polar surface area (TPSA) is 18.5 Å². The average molecular weight is 792 g/mol. The van der Waals surface area contributed by atoms with Gasteiger partial charge in [0.2, 0.25) is 0 Å². The van der Waals surface area contributed by atoms with Crippen molar-refractivity contribution in [3.05, 3.63) is 138 Å². The van der Waals surface area contributed by atoms with Crippen molar-refractivity contribution in [2.75, 3.05) is 23.8 Å². The second kappa shape index (κ2) is 20.8. The molecule has 2 nitrogen and oxygen atoms in total. The summed E-state index contributed by atoms with van der Waals surface area (Å²) in [7, 11) is -1.91. The molecule has 2 aliphatic heterocycles. The van der Waals surface area contributed by atoms with Crippen LogP contribution in [0, 0.1) is 0 Å². The van der Waals surface area contributed by atoms with E-state index < -0.39 is 7.26 Å². The van der Waals surface area contributed by atoms with E-state index in [1.807, 2.05) is 0 Å². The van der Waals surface area contributed by atoms with Gasteiger partial charge in [-0.15, -0.1) is 52.2 Å². The molecule has 0 atom stereocenters. The van der Waals surface area contributed by atoms with Crippen LogP contribution in [0.3, 0.4) is 0 Å². The van der Waals surface area contributed by atoms with E-state index in [0.29, 0.717) is 23.8 Å². The summed E-state index contributed by atoms with van der Waals surface area (Å²) in [6, 6.07) is 43.8. The van der Waals surface area contributed by atoms with Crippen molar-refractivity contribution >= 4 is 126 Å². The molecule has 0 unspecified atom stereocenters. The van der Waals surface area contributed by atoms with Gasteiger partial charge in [-0.3, -0.25) is 0 Å². The second-order valence-corrected chi connectivity index (χ2v) is 18.5. The molecular formula is C32H29NiO2PS8. The van der Waals surface area contributed by atoms with Crippen molar-refractivity contribution in [2.45, 2.75) is 0 Å². The molecule has 0 saturated heterocycles. The Balaban J connectivity index is 0.000000229. The third-order valence-corrected chi connectivity index (χ3v) is 16.7. The molecule has 0 amide bonds. The first-order valence-electron chi connectivity index (χ1n) is 13.0. The molecule has 4 aromatic carbocycles. The predicted octanol–water partition coefficient (Wildman–Crippen LogP) is 7.92. The Hall–Kier alpha value is -0.386. The number of hydrogen-bond donors (Lipinski definition) is 1. The maximum atomic E-state index is 5.10. The van der Waals surface area contributed by atoms with Gasteiger partial charge in [-0.25, -0.2) is 0 Å². The molecule has 12 heteroatoms. The van der Waals surface area contributed by atoms with Crippen LogP contribution >= 0.6 is 66.9 Å². The maximum absolute atomic E-state index is 5.10. The van der Waals surface area contributed by atoms with Crippen molar-refractivity contribution in [1.29, 1.82) is 0 Å². The zero-order chi connectivity index (χ0) is 30.3. The van der Waals surface area contributed by atoms with Crippen LogP contribution in [0.5, 0.6) is 0 Å². The van der Waals surface area contributed by atoms with Gasteiger partial charge in [0.05, 0.1) is 23.8 Å². The molecule has 0 saturated carbocycles. The molecule has 4 aromatic rings. The first kappa shape index (κ1) is 38.1. The van der Waals surface area contributed by atoms with Gasteiger partial charge in [-0.2, -0.15) is 8.47 Å². The Kier molecular flexibility index (Phi) is 18.0. The van der Waals surface area contributed by atoms with E-state index >= 15 is 0 Å². The molecule has 44 heavy (non-hydrogen) atoms. The Morgan fingerprint density at radius 1 is 0.455 bits per heavy atom. The SMILES string of the molecule is [Ni+2].[S-]C1=C(S)SCOCS1.[S-]C1=C([S-])SCOCS1.c1ccc([P+](c2ccccc2)(c2ccccc2)c2ccccc2)cc1. The zero-order valence-electron chi connectivity index (χ0n) is 23.3. The van der Waals surface area contributed by atoms with Crippen LogP contribution in [-0.2, 0) is 63.9 Å². The molecule has 0 aromatic heterocycles. The largest absolute Gasteiger partial charge is 2.00 e. The molecule has 2 heterocycles. The fourth-order valence-electron chi connectivity index (χ4n) is 4.19. The Labute approximate surface area is 311 Å². The van der Waals surface area contributed by atoms with Gasteiger partial charge < -0.3 is 47.4 Å². The van der Waals surface area contributed by atoms with Crippen molar-refractivity contribution in [3.8, 4) is 0 Å². The zero-order valence-corrected chi connectivity index (χ0v) is 31.8. The van der Waals surface area contributed by atoms with E-state index in [9.17, 15) is 0 Å². The molecule has 0 radical (unpaired) electrons. The van der Waals surface area contributed by atoms with Gasteiger partial charge in [0.25, 0.3) is 0 Å². The van der Waals surface area contributed by atoms with Gasteiger partial charge >= 0.3 is 16.5 Å². The maximum Gasteiger partial charge on any atom is 2.00 e. The first-order chi connectivity index (χ1) is 21.0. The van der Waals surface area contributed by atoms with Crippen LogP contribution in [0.1, 0.15) is 0 Å². The quantitative estimate of drug-likeness (QED) is 0.0955. The molecule has 6 rings (SSSR count). The molecule has 232 valence electrons. The van der Waals surface area contributed by atoms with Crippen molar-refractivity contribution in [3.63, 3.8) is 0 Å². The van der Waals surface area contributed by atoms with Gasteiger partial charge in [0.1, 0.15) is 28.5 Å². The Bertz CT molecular complexity index is 1240. The monoisotopic (exact) mass is 790 g/mol. The average Bonchev–Trinajstić information content (AvgIpc) is 3.38. The fraction of sp³-hybridized carbons (Fsp3) is 0.125. The minimum absolute atomic E-state index is 0. The number of thiol groups is 1. The summed E-state index contributed by atoms with van der Waals surface area (Å²) in [5.41, 5.74) is 0. The number of ether oxygens (including phenoxy) is 2. The van der Waals surface area contributed by atoms with Crippen LogP contribution in [0.15, 0.2) is 138 Å². The summed E-state index contributed by atoms with van der Waals surface area (Å²) >= 11 is 25.1. The summed E-state index contributed by atoms with van der Waals surface area (Å²) in [4.78, 5) is 0. The van der Waals surface area contributed by atoms with Gasteiger partial charge in [-0.05, 0) is 48.5 Å². The summed E-state index contributed by atoms with van der Waals surface area (Å²) < 4.78 is 13.5. The number of benzene rings is 4. The normalized spacial score (nSPS) is 15.3. The van der Waals surface area contributed by atoms with Gasteiger partial charge in [0, 0.05) is 4.24 Å². The van der Waals surface area contributed by atoms with Crippen molar-refractivity contribution in [1.82, 2.24) is 0 Å². The molecule has 2 aliphatic rings. The van der Waals surface area contributed by atoms with Gasteiger partial charge in [-0.1, -0.05) is 84.6 Å². The van der Waals surface area contributed by atoms with E-state index in [2.05, 4.69) is 134 Å². The Morgan fingerprint density at radius 3 is 1.05 bits per heavy atom. The van der Waals surface area contributed by atoms with Crippen LogP contribution < -0.4 is 21.2 Å². The standard InChI is InChI=1S/C24H20P.2C4H6OS4.Ni/c1-5-13-21(14-6-1)25(22-15-7-2-8-16-22,23-17-9-3-10-18-23)24-19-11-4-12-20-24;2*6-3-4(7)9-2-5-1-8-3;/h1-20H;2*6-7H,1-2H2;/q+1;;;+2/p-3. The van der Waals surface area contributed by atoms with Crippen LogP contribution in [-0.4, -0.2) is 23.8 Å². The van der Waals surface area contributed by atoms with Crippen LogP contribution in [0.25, 0.3) is 0 Å². The van der Waals surface area contributed by atoms with Gasteiger partial charge in [0.15, 0.2) is 0 Å². The van der Waals surface area contributed by atoms with E-state index in [4.69, 9.17) is 47.4 Å². The first-order valence-corrected chi connectivity index (χ1v) is 20.4. The van der Waals surface area contributed by atoms with Crippen LogP contribution in [0.4, 0.5) is 0 Å². The number of thioether (sulfide) groups is 4. The summed E-state index contributed by atoms with van der Waals surface area (Å²) in [6.07, 6.45) is 0. The number of rotatable bonds is 4. The third kappa shape index (κ3) is 10.8. The Morgan fingerprint density at radius 2 is 0.727 bits per heavy atom. The smallest absolute Gasteiger partial charge is 0.774 e. The van der Waals surface area contributed by atoms with E-state index in [0.717, 1.165) is 16.9 Å². The second-order valence-electron chi connectivity index (χ2n) is 8.64. The molecular weight excluding hydrogens is 763 g/mol. The summed E-state index contributed by atoms with van der Waals surface area (Å²) in [5.74, 6) is 2.62.